The first-order valence-corrected chi connectivity index (χ1v) is 10.0. The maximum Gasteiger partial charge on any atom is 0.125 e. The highest BCUT2D eigenvalue weighted by Crippen LogP contribution is 2.27. The molecule has 0 saturated heterocycles. The molecule has 0 spiro atoms. The largest absolute Gasteiger partial charge is 0.495 e. The summed E-state index contributed by atoms with van der Waals surface area (Å²) in [5.74, 6) is 1.44. The van der Waals surface area contributed by atoms with Crippen molar-refractivity contribution in [2.24, 2.45) is 5.92 Å². The molecule has 0 amide bonds. The van der Waals surface area contributed by atoms with E-state index in [-0.39, 0.29) is 6.10 Å². The lowest BCUT2D eigenvalue weighted by molar-refractivity contribution is 0.0152. The summed E-state index contributed by atoms with van der Waals surface area (Å²) in [5.41, 5.74) is 1.32. The Labute approximate surface area is 158 Å². The molecular formula is C22H33NO3. The predicted octanol–water partition coefficient (Wildman–Crippen LogP) is 3.91. The summed E-state index contributed by atoms with van der Waals surface area (Å²) in [5, 5.41) is 3.67. The third-order valence-electron chi connectivity index (χ3n) is 5.10. The van der Waals surface area contributed by atoms with Gasteiger partial charge in [-0.25, -0.2) is 0 Å². The maximum atomic E-state index is 6.24. The number of hydrogen-bond acceptors (Lipinski definition) is 4. The van der Waals surface area contributed by atoms with Gasteiger partial charge in [0, 0.05) is 38.1 Å². The van der Waals surface area contributed by atoms with Crippen LogP contribution in [0.2, 0.25) is 0 Å². The third-order valence-corrected chi connectivity index (χ3v) is 5.10. The summed E-state index contributed by atoms with van der Waals surface area (Å²) in [7, 11) is 1.73. The van der Waals surface area contributed by atoms with Crippen molar-refractivity contribution in [2.75, 3.05) is 26.9 Å². The topological polar surface area (TPSA) is 39.7 Å². The van der Waals surface area contributed by atoms with Crippen molar-refractivity contribution in [3.05, 3.63) is 47.8 Å². The van der Waals surface area contributed by atoms with E-state index in [2.05, 4.69) is 48.7 Å². The van der Waals surface area contributed by atoms with Gasteiger partial charge >= 0.3 is 0 Å². The van der Waals surface area contributed by atoms with E-state index in [1.54, 1.807) is 7.11 Å². The van der Waals surface area contributed by atoms with Crippen LogP contribution in [0.3, 0.4) is 0 Å². The molecule has 0 heterocycles. The average Bonchev–Trinajstić information content (AvgIpc) is 3.49. The molecule has 3 aliphatic rings. The lowest BCUT2D eigenvalue weighted by Crippen LogP contribution is -2.32. The number of methoxy groups -OCH3 is 1. The lowest BCUT2D eigenvalue weighted by atomic mass is 9.97. The van der Waals surface area contributed by atoms with Crippen molar-refractivity contribution in [3.63, 3.8) is 0 Å². The Bertz CT molecular complexity index is 560. The van der Waals surface area contributed by atoms with Crippen LogP contribution in [0.15, 0.2) is 47.8 Å². The summed E-state index contributed by atoms with van der Waals surface area (Å²) in [4.78, 5) is 0. The van der Waals surface area contributed by atoms with Crippen molar-refractivity contribution in [3.8, 4) is 0 Å². The van der Waals surface area contributed by atoms with Crippen LogP contribution in [-0.2, 0) is 14.2 Å². The highest BCUT2D eigenvalue weighted by molar-refractivity contribution is 5.32. The third kappa shape index (κ3) is 6.11. The van der Waals surface area contributed by atoms with Gasteiger partial charge in [0.25, 0.3) is 0 Å². The molecule has 0 aromatic heterocycles. The van der Waals surface area contributed by atoms with Gasteiger partial charge in [0.1, 0.15) is 11.9 Å². The van der Waals surface area contributed by atoms with Crippen LogP contribution < -0.4 is 5.32 Å². The second kappa shape index (κ2) is 10.1. The van der Waals surface area contributed by atoms with E-state index in [1.165, 1.54) is 18.4 Å². The van der Waals surface area contributed by atoms with E-state index in [0.29, 0.717) is 24.6 Å². The van der Waals surface area contributed by atoms with Crippen LogP contribution in [0.1, 0.15) is 39.0 Å². The number of hydrogen-bond donors (Lipinski definition) is 1. The molecule has 4 heteroatoms. The summed E-state index contributed by atoms with van der Waals surface area (Å²) in [6.45, 7) is 4.37. The molecule has 0 aliphatic heterocycles. The van der Waals surface area contributed by atoms with Gasteiger partial charge in [0.15, 0.2) is 0 Å². The van der Waals surface area contributed by atoms with Crippen molar-refractivity contribution in [1.29, 1.82) is 0 Å². The first kappa shape index (κ1) is 19.4. The molecule has 0 aromatic carbocycles. The molecule has 4 nitrogen and oxygen atoms in total. The second-order valence-corrected chi connectivity index (χ2v) is 7.47. The molecule has 3 unspecified atom stereocenters. The van der Waals surface area contributed by atoms with Crippen LogP contribution in [0, 0.1) is 5.92 Å². The molecule has 1 saturated carbocycles. The van der Waals surface area contributed by atoms with Crippen LogP contribution in [-0.4, -0.2) is 45.1 Å². The Hall–Kier alpha value is -1.36. The Balaban J connectivity index is 1.55. The van der Waals surface area contributed by atoms with Crippen molar-refractivity contribution < 1.29 is 14.2 Å². The predicted molar refractivity (Wildman–Crippen MR) is 105 cm³/mol. The number of ether oxygens (including phenoxy) is 3. The first-order chi connectivity index (χ1) is 12.8. The van der Waals surface area contributed by atoms with Gasteiger partial charge in [-0.2, -0.15) is 0 Å². The molecule has 144 valence electrons. The van der Waals surface area contributed by atoms with E-state index in [4.69, 9.17) is 14.2 Å². The summed E-state index contributed by atoms with van der Waals surface area (Å²) in [6.07, 6.45) is 18.6. The van der Waals surface area contributed by atoms with Crippen LogP contribution >= 0.6 is 0 Å². The summed E-state index contributed by atoms with van der Waals surface area (Å²) < 4.78 is 17.5. The normalized spacial score (nSPS) is 26.4. The summed E-state index contributed by atoms with van der Waals surface area (Å²) in [6, 6.07) is 1.07. The molecule has 26 heavy (non-hydrogen) atoms. The van der Waals surface area contributed by atoms with Crippen molar-refractivity contribution in [1.82, 2.24) is 5.32 Å². The lowest BCUT2D eigenvalue weighted by Gasteiger charge is -2.28. The highest BCUT2D eigenvalue weighted by Gasteiger charge is 2.27. The molecule has 3 aliphatic carbocycles. The fourth-order valence-corrected chi connectivity index (χ4v) is 3.35. The molecule has 1 fully saturated rings. The van der Waals surface area contributed by atoms with Gasteiger partial charge < -0.3 is 19.5 Å². The molecule has 0 bridgehead atoms. The molecule has 1 N–H and O–H groups in total. The maximum absolute atomic E-state index is 6.24. The van der Waals surface area contributed by atoms with Crippen molar-refractivity contribution in [2.45, 2.75) is 57.2 Å². The van der Waals surface area contributed by atoms with E-state index in [9.17, 15) is 0 Å². The van der Waals surface area contributed by atoms with Crippen molar-refractivity contribution >= 4 is 0 Å². The van der Waals surface area contributed by atoms with Gasteiger partial charge in [-0.05, 0) is 44.3 Å². The van der Waals surface area contributed by atoms with Crippen LogP contribution in [0.4, 0.5) is 0 Å². The molecular weight excluding hydrogens is 326 g/mol. The quantitative estimate of drug-likeness (QED) is 0.568. The number of rotatable bonds is 11. The molecule has 0 radical (unpaired) electrons. The van der Waals surface area contributed by atoms with E-state index >= 15 is 0 Å². The van der Waals surface area contributed by atoms with Gasteiger partial charge in [0.2, 0.25) is 0 Å². The van der Waals surface area contributed by atoms with Gasteiger partial charge in [-0.15, -0.1) is 0 Å². The molecule has 3 atom stereocenters. The van der Waals surface area contributed by atoms with Gasteiger partial charge in [0.05, 0.1) is 13.2 Å². The van der Waals surface area contributed by atoms with Gasteiger partial charge in [-0.1, -0.05) is 30.4 Å². The Morgan fingerprint density at radius 3 is 2.81 bits per heavy atom. The SMILES string of the molecule is COCCCOC1=CC(C(C)NC2CC2)=CCC1OCC1C=CC=CC1. The smallest absolute Gasteiger partial charge is 0.125 e. The highest BCUT2D eigenvalue weighted by atomic mass is 16.5. The zero-order valence-corrected chi connectivity index (χ0v) is 16.2. The minimum atomic E-state index is 0.0220. The van der Waals surface area contributed by atoms with Crippen LogP contribution in [0.5, 0.6) is 0 Å². The van der Waals surface area contributed by atoms with Crippen LogP contribution in [0.25, 0.3) is 0 Å². The number of nitrogens with one attached hydrogen (secondary N) is 1. The Morgan fingerprint density at radius 2 is 2.08 bits per heavy atom. The average molecular weight is 360 g/mol. The van der Waals surface area contributed by atoms with E-state index in [1.807, 2.05) is 0 Å². The second-order valence-electron chi connectivity index (χ2n) is 7.47. The minimum Gasteiger partial charge on any atom is -0.495 e. The Kier molecular flexibility index (Phi) is 7.54. The standard InChI is InChI=1S/C22H33NO3/c1-17(23-20-10-11-20)19-9-12-21(22(15-19)25-14-6-13-24-2)26-16-18-7-4-3-5-8-18/h3-5,7,9,15,17-18,20-21,23H,6,8,10-14,16H2,1-2H3. The number of allylic oxidation sites excluding steroid dienone is 3. The zero-order valence-electron chi connectivity index (χ0n) is 16.2. The Morgan fingerprint density at radius 1 is 1.19 bits per heavy atom. The minimum absolute atomic E-state index is 0.0220. The fourth-order valence-electron chi connectivity index (χ4n) is 3.35. The molecule has 3 rings (SSSR count). The van der Waals surface area contributed by atoms with E-state index < -0.39 is 0 Å². The molecule has 0 aromatic rings. The van der Waals surface area contributed by atoms with E-state index in [0.717, 1.165) is 38.2 Å². The first-order valence-electron chi connectivity index (χ1n) is 10.0. The van der Waals surface area contributed by atoms with Gasteiger partial charge in [-0.3, -0.25) is 0 Å². The monoisotopic (exact) mass is 359 g/mol. The fraction of sp³-hybridized carbons (Fsp3) is 0.636. The zero-order chi connectivity index (χ0) is 18.2. The summed E-state index contributed by atoms with van der Waals surface area (Å²) >= 11 is 0.